The molecule has 1 spiro atoms. The number of hydrogen-bond acceptors (Lipinski definition) is 2. The molecule has 0 atom stereocenters. The molecule has 1 heterocycles. The van der Waals surface area contributed by atoms with Crippen LogP contribution in [0.2, 0.25) is 0 Å². The molecule has 1 saturated heterocycles. The Hall–Kier alpha value is -0.290. The van der Waals surface area contributed by atoms with E-state index in [-0.39, 0.29) is 18.3 Å². The number of hydrogen-bond donors (Lipinski definition) is 1. The molecular formula is C7H9F3O2. The van der Waals surface area contributed by atoms with E-state index in [0.717, 1.165) is 0 Å². The van der Waals surface area contributed by atoms with Crippen molar-refractivity contribution in [1.82, 2.24) is 0 Å². The van der Waals surface area contributed by atoms with Gasteiger partial charge in [-0.15, -0.1) is 0 Å². The minimum atomic E-state index is -4.48. The van der Waals surface area contributed by atoms with Crippen LogP contribution in [0.4, 0.5) is 13.2 Å². The highest BCUT2D eigenvalue weighted by Crippen LogP contribution is 2.58. The predicted molar refractivity (Wildman–Crippen MR) is 33.5 cm³/mol. The topological polar surface area (TPSA) is 29.5 Å². The number of halogens is 3. The van der Waals surface area contributed by atoms with Crippen molar-refractivity contribution in [2.45, 2.75) is 24.6 Å². The molecule has 2 rings (SSSR count). The first-order valence-corrected chi connectivity index (χ1v) is 3.74. The smallest absolute Gasteiger partial charge is 0.380 e. The third-order valence-corrected chi connectivity index (χ3v) is 2.68. The van der Waals surface area contributed by atoms with E-state index in [1.165, 1.54) is 0 Å². The molecule has 0 radical (unpaired) electrons. The standard InChI is InChI=1S/C7H9F3O2/c8-7(9,10)6(11)1-5(2-6)3-12-4-5/h11H,1-4H2. The van der Waals surface area contributed by atoms with Crippen LogP contribution in [-0.2, 0) is 4.74 Å². The largest absolute Gasteiger partial charge is 0.417 e. The van der Waals surface area contributed by atoms with Gasteiger partial charge < -0.3 is 9.84 Å². The molecule has 2 nitrogen and oxygen atoms in total. The molecule has 1 aliphatic carbocycles. The van der Waals surface area contributed by atoms with Gasteiger partial charge in [0.05, 0.1) is 13.2 Å². The van der Waals surface area contributed by atoms with Crippen molar-refractivity contribution in [3.8, 4) is 0 Å². The summed E-state index contributed by atoms with van der Waals surface area (Å²) in [6, 6.07) is 0. The lowest BCUT2D eigenvalue weighted by Gasteiger charge is -2.57. The second-order valence-corrected chi connectivity index (χ2v) is 3.88. The summed E-state index contributed by atoms with van der Waals surface area (Å²) >= 11 is 0. The summed E-state index contributed by atoms with van der Waals surface area (Å²) in [5.74, 6) is 0. The van der Waals surface area contributed by atoms with Crippen molar-refractivity contribution < 1.29 is 23.0 Å². The summed E-state index contributed by atoms with van der Waals surface area (Å²) < 4.78 is 41.1. The maximum absolute atomic E-state index is 12.1. The minimum absolute atomic E-state index is 0.191. The second kappa shape index (κ2) is 1.96. The first-order valence-electron chi connectivity index (χ1n) is 3.74. The molecule has 0 amide bonds. The monoisotopic (exact) mass is 182 g/mol. The normalized spacial score (nSPS) is 31.0. The summed E-state index contributed by atoms with van der Waals surface area (Å²) in [6.45, 7) is 0.733. The maximum Gasteiger partial charge on any atom is 0.417 e. The van der Waals surface area contributed by atoms with Crippen LogP contribution in [0.5, 0.6) is 0 Å². The van der Waals surface area contributed by atoms with Crippen molar-refractivity contribution in [3.63, 3.8) is 0 Å². The molecule has 1 N–H and O–H groups in total. The van der Waals surface area contributed by atoms with E-state index in [2.05, 4.69) is 0 Å². The fourth-order valence-electron chi connectivity index (χ4n) is 1.98. The van der Waals surface area contributed by atoms with E-state index in [1.54, 1.807) is 0 Å². The van der Waals surface area contributed by atoms with Gasteiger partial charge in [0.1, 0.15) is 0 Å². The molecule has 0 aromatic carbocycles. The number of rotatable bonds is 0. The molecule has 2 aliphatic rings. The third-order valence-electron chi connectivity index (χ3n) is 2.68. The minimum Gasteiger partial charge on any atom is -0.380 e. The van der Waals surface area contributed by atoms with Crippen LogP contribution in [0.3, 0.4) is 0 Å². The van der Waals surface area contributed by atoms with E-state index >= 15 is 0 Å². The third kappa shape index (κ3) is 0.894. The van der Waals surface area contributed by atoms with Crippen LogP contribution in [0.1, 0.15) is 12.8 Å². The van der Waals surface area contributed by atoms with Crippen molar-refractivity contribution in [2.24, 2.45) is 5.41 Å². The SMILES string of the molecule is OC1(C(F)(F)F)CC2(COC2)C1. The van der Waals surface area contributed by atoms with Crippen LogP contribution >= 0.6 is 0 Å². The van der Waals surface area contributed by atoms with Gasteiger partial charge in [0.15, 0.2) is 5.60 Å². The Morgan fingerprint density at radius 1 is 1.17 bits per heavy atom. The summed E-state index contributed by atoms with van der Waals surface area (Å²) in [4.78, 5) is 0. The molecule has 12 heavy (non-hydrogen) atoms. The van der Waals surface area contributed by atoms with E-state index < -0.39 is 11.8 Å². The van der Waals surface area contributed by atoms with Crippen LogP contribution in [-0.4, -0.2) is 30.1 Å². The quantitative estimate of drug-likeness (QED) is 0.607. The molecule has 1 saturated carbocycles. The van der Waals surface area contributed by atoms with Crippen molar-refractivity contribution in [2.75, 3.05) is 13.2 Å². The number of ether oxygens (including phenoxy) is 1. The van der Waals surface area contributed by atoms with Gasteiger partial charge in [-0.2, -0.15) is 13.2 Å². The Morgan fingerprint density at radius 3 is 1.92 bits per heavy atom. The summed E-state index contributed by atoms with van der Waals surface area (Å²) in [5.41, 5.74) is -2.79. The van der Waals surface area contributed by atoms with Gasteiger partial charge >= 0.3 is 6.18 Å². The van der Waals surface area contributed by atoms with Gasteiger partial charge in [-0.05, 0) is 12.8 Å². The van der Waals surface area contributed by atoms with Gasteiger partial charge in [0.25, 0.3) is 0 Å². The summed E-state index contributed by atoms with van der Waals surface area (Å²) in [6.07, 6.45) is -4.86. The molecule has 1 aliphatic heterocycles. The van der Waals surface area contributed by atoms with Crippen molar-refractivity contribution >= 4 is 0 Å². The van der Waals surface area contributed by atoms with Crippen LogP contribution in [0.25, 0.3) is 0 Å². The Morgan fingerprint density at radius 2 is 1.67 bits per heavy atom. The van der Waals surface area contributed by atoms with E-state index in [4.69, 9.17) is 9.84 Å². The Labute approximate surface area is 67.3 Å². The molecule has 70 valence electrons. The van der Waals surface area contributed by atoms with Crippen LogP contribution in [0.15, 0.2) is 0 Å². The lowest BCUT2D eigenvalue weighted by atomic mass is 9.57. The van der Waals surface area contributed by atoms with Gasteiger partial charge in [0, 0.05) is 5.41 Å². The zero-order valence-corrected chi connectivity index (χ0v) is 6.32. The fraction of sp³-hybridized carbons (Fsp3) is 1.00. The lowest BCUT2D eigenvalue weighted by molar-refractivity contribution is -0.347. The summed E-state index contributed by atoms with van der Waals surface area (Å²) in [5, 5.41) is 9.07. The van der Waals surface area contributed by atoms with Crippen molar-refractivity contribution in [1.29, 1.82) is 0 Å². The zero-order chi connectivity index (χ0) is 9.04. The molecule has 2 fully saturated rings. The predicted octanol–water partition coefficient (Wildman–Crippen LogP) is 1.09. The summed E-state index contributed by atoms with van der Waals surface area (Å²) in [7, 11) is 0. The Bertz CT molecular complexity index is 199. The van der Waals surface area contributed by atoms with Crippen LogP contribution < -0.4 is 0 Å². The van der Waals surface area contributed by atoms with E-state index in [0.29, 0.717) is 13.2 Å². The molecule has 0 unspecified atom stereocenters. The highest BCUT2D eigenvalue weighted by molar-refractivity contribution is 5.10. The first kappa shape index (κ1) is 8.31. The van der Waals surface area contributed by atoms with Gasteiger partial charge in [-0.3, -0.25) is 0 Å². The van der Waals surface area contributed by atoms with E-state index in [1.807, 2.05) is 0 Å². The van der Waals surface area contributed by atoms with Crippen molar-refractivity contribution in [3.05, 3.63) is 0 Å². The fourth-order valence-corrected chi connectivity index (χ4v) is 1.98. The maximum atomic E-state index is 12.1. The molecule has 5 heteroatoms. The highest BCUT2D eigenvalue weighted by atomic mass is 19.4. The Balaban J connectivity index is 2.01. The van der Waals surface area contributed by atoms with Gasteiger partial charge in [0.2, 0.25) is 0 Å². The highest BCUT2D eigenvalue weighted by Gasteiger charge is 2.69. The average molecular weight is 182 g/mol. The van der Waals surface area contributed by atoms with Gasteiger partial charge in [-0.25, -0.2) is 0 Å². The second-order valence-electron chi connectivity index (χ2n) is 3.88. The van der Waals surface area contributed by atoms with Crippen LogP contribution in [0, 0.1) is 5.41 Å². The number of alkyl halides is 3. The van der Waals surface area contributed by atoms with Gasteiger partial charge in [-0.1, -0.05) is 0 Å². The average Bonchev–Trinajstić information content (AvgIpc) is 1.73. The molecule has 0 aromatic rings. The Kier molecular flexibility index (Phi) is 1.36. The zero-order valence-electron chi connectivity index (χ0n) is 6.32. The number of aliphatic hydroxyl groups is 1. The molecule has 0 bridgehead atoms. The van der Waals surface area contributed by atoms with E-state index in [9.17, 15) is 13.2 Å². The first-order chi connectivity index (χ1) is 5.37. The molecule has 0 aromatic heterocycles. The lowest BCUT2D eigenvalue weighted by Crippen LogP contribution is -2.66. The molecular weight excluding hydrogens is 173 g/mol.